The Morgan fingerprint density at radius 2 is 1.87 bits per heavy atom. The van der Waals surface area contributed by atoms with Gasteiger partial charge >= 0.3 is 0 Å². The zero-order valence-corrected chi connectivity index (χ0v) is 9.42. The van der Waals surface area contributed by atoms with Crippen molar-refractivity contribution in [1.29, 1.82) is 0 Å². The number of hydrogen-bond donors (Lipinski definition) is 2. The van der Waals surface area contributed by atoms with Crippen LogP contribution < -0.4 is 5.32 Å². The van der Waals surface area contributed by atoms with Gasteiger partial charge in [0.1, 0.15) is 0 Å². The monoisotopic (exact) mass is 207 g/mol. The summed E-state index contributed by atoms with van der Waals surface area (Å²) < 4.78 is 0. The SMILES string of the molecule is CC(=O)NCc1cc(C)c(CO)c(C)c1. The summed E-state index contributed by atoms with van der Waals surface area (Å²) in [5.74, 6) is -0.0310. The quantitative estimate of drug-likeness (QED) is 0.787. The zero-order chi connectivity index (χ0) is 11.4. The summed E-state index contributed by atoms with van der Waals surface area (Å²) in [6.07, 6.45) is 0. The Hall–Kier alpha value is -1.35. The third-order valence-corrected chi connectivity index (χ3v) is 2.46. The second-order valence-electron chi connectivity index (χ2n) is 3.78. The molecule has 1 aromatic rings. The Kier molecular flexibility index (Phi) is 3.86. The van der Waals surface area contributed by atoms with E-state index in [1.807, 2.05) is 26.0 Å². The van der Waals surface area contributed by atoms with Crippen LogP contribution in [0.3, 0.4) is 0 Å². The first kappa shape index (κ1) is 11.7. The Morgan fingerprint density at radius 1 is 1.33 bits per heavy atom. The summed E-state index contributed by atoms with van der Waals surface area (Å²) in [5, 5.41) is 11.9. The van der Waals surface area contributed by atoms with Crippen molar-refractivity contribution in [2.45, 2.75) is 33.9 Å². The molecule has 0 radical (unpaired) electrons. The van der Waals surface area contributed by atoms with Crippen molar-refractivity contribution in [2.24, 2.45) is 0 Å². The fraction of sp³-hybridized carbons (Fsp3) is 0.417. The Bertz CT molecular complexity index is 349. The van der Waals surface area contributed by atoms with E-state index in [1.54, 1.807) is 0 Å². The number of aliphatic hydroxyl groups excluding tert-OH is 1. The average molecular weight is 207 g/mol. The van der Waals surface area contributed by atoms with Crippen molar-refractivity contribution >= 4 is 5.91 Å². The van der Waals surface area contributed by atoms with Crippen molar-refractivity contribution in [3.63, 3.8) is 0 Å². The van der Waals surface area contributed by atoms with Crippen molar-refractivity contribution < 1.29 is 9.90 Å². The van der Waals surface area contributed by atoms with Crippen LogP contribution >= 0.6 is 0 Å². The molecule has 1 rings (SSSR count). The van der Waals surface area contributed by atoms with Crippen LogP contribution in [0.25, 0.3) is 0 Å². The van der Waals surface area contributed by atoms with Crippen LogP contribution in [0.15, 0.2) is 12.1 Å². The molecule has 1 aromatic carbocycles. The summed E-state index contributed by atoms with van der Waals surface area (Å²) in [7, 11) is 0. The van der Waals surface area contributed by atoms with Gasteiger partial charge in [-0.2, -0.15) is 0 Å². The van der Waals surface area contributed by atoms with Crippen LogP contribution in [0.1, 0.15) is 29.2 Å². The van der Waals surface area contributed by atoms with E-state index in [9.17, 15) is 4.79 Å². The molecule has 0 spiro atoms. The standard InChI is InChI=1S/C12H17NO2/c1-8-4-11(6-13-10(3)15)5-9(2)12(8)7-14/h4-5,14H,6-7H2,1-3H3,(H,13,15). The first-order valence-corrected chi connectivity index (χ1v) is 4.99. The number of carbonyl (C=O) groups is 1. The van der Waals surface area contributed by atoms with E-state index in [-0.39, 0.29) is 12.5 Å². The fourth-order valence-electron chi connectivity index (χ4n) is 1.66. The largest absolute Gasteiger partial charge is 0.392 e. The maximum atomic E-state index is 10.8. The molecule has 3 heteroatoms. The number of nitrogens with one attached hydrogen (secondary N) is 1. The summed E-state index contributed by atoms with van der Waals surface area (Å²) in [4.78, 5) is 10.8. The Labute approximate surface area is 90.1 Å². The third kappa shape index (κ3) is 3.06. The van der Waals surface area contributed by atoms with Crippen molar-refractivity contribution in [2.75, 3.05) is 0 Å². The van der Waals surface area contributed by atoms with Gasteiger partial charge in [-0.15, -0.1) is 0 Å². The van der Waals surface area contributed by atoms with Crippen LogP contribution in [0.4, 0.5) is 0 Å². The molecular weight excluding hydrogens is 190 g/mol. The minimum atomic E-state index is -0.0310. The normalized spacial score (nSPS) is 10.1. The number of aliphatic hydroxyl groups is 1. The molecule has 0 saturated carbocycles. The number of amides is 1. The molecule has 0 unspecified atom stereocenters. The molecule has 2 N–H and O–H groups in total. The van der Waals surface area contributed by atoms with Crippen molar-refractivity contribution in [3.8, 4) is 0 Å². The van der Waals surface area contributed by atoms with E-state index in [1.165, 1.54) is 6.92 Å². The number of benzene rings is 1. The van der Waals surface area contributed by atoms with Gasteiger partial charge in [0.15, 0.2) is 0 Å². The highest BCUT2D eigenvalue weighted by Crippen LogP contribution is 2.16. The van der Waals surface area contributed by atoms with E-state index in [0.717, 1.165) is 22.3 Å². The van der Waals surface area contributed by atoms with Gasteiger partial charge in [-0.25, -0.2) is 0 Å². The van der Waals surface area contributed by atoms with Gasteiger partial charge in [0.25, 0.3) is 0 Å². The number of aryl methyl sites for hydroxylation is 2. The molecule has 0 heterocycles. The Balaban J connectivity index is 2.88. The molecule has 0 saturated heterocycles. The lowest BCUT2D eigenvalue weighted by Crippen LogP contribution is -2.19. The highest BCUT2D eigenvalue weighted by molar-refractivity contribution is 5.72. The number of hydrogen-bond acceptors (Lipinski definition) is 2. The van der Waals surface area contributed by atoms with Gasteiger partial charge in [-0.05, 0) is 36.1 Å². The summed E-state index contributed by atoms with van der Waals surface area (Å²) in [5.41, 5.74) is 4.18. The topological polar surface area (TPSA) is 49.3 Å². The molecule has 0 aliphatic carbocycles. The average Bonchev–Trinajstić information content (AvgIpc) is 2.14. The van der Waals surface area contributed by atoms with Gasteiger partial charge in [-0.1, -0.05) is 12.1 Å². The molecule has 0 bridgehead atoms. The summed E-state index contributed by atoms with van der Waals surface area (Å²) >= 11 is 0. The lowest BCUT2D eigenvalue weighted by Gasteiger charge is -2.10. The van der Waals surface area contributed by atoms with E-state index >= 15 is 0 Å². The molecule has 82 valence electrons. The molecule has 0 fully saturated rings. The molecule has 3 nitrogen and oxygen atoms in total. The lowest BCUT2D eigenvalue weighted by atomic mass is 10.00. The van der Waals surface area contributed by atoms with E-state index in [2.05, 4.69) is 5.32 Å². The van der Waals surface area contributed by atoms with Gasteiger partial charge < -0.3 is 10.4 Å². The van der Waals surface area contributed by atoms with Crippen LogP contribution in [0.5, 0.6) is 0 Å². The minimum Gasteiger partial charge on any atom is -0.392 e. The van der Waals surface area contributed by atoms with E-state index in [0.29, 0.717) is 6.54 Å². The fourth-order valence-corrected chi connectivity index (χ4v) is 1.66. The second-order valence-corrected chi connectivity index (χ2v) is 3.78. The van der Waals surface area contributed by atoms with Gasteiger partial charge in [-0.3, -0.25) is 4.79 Å². The maximum absolute atomic E-state index is 10.8. The van der Waals surface area contributed by atoms with E-state index < -0.39 is 0 Å². The second kappa shape index (κ2) is 4.94. The van der Waals surface area contributed by atoms with Gasteiger partial charge in [0, 0.05) is 13.5 Å². The Morgan fingerprint density at radius 3 is 2.27 bits per heavy atom. The van der Waals surface area contributed by atoms with E-state index in [4.69, 9.17) is 5.11 Å². The maximum Gasteiger partial charge on any atom is 0.217 e. The molecule has 0 aliphatic rings. The van der Waals surface area contributed by atoms with Crippen LogP contribution in [0, 0.1) is 13.8 Å². The van der Waals surface area contributed by atoms with Crippen molar-refractivity contribution in [1.82, 2.24) is 5.32 Å². The molecule has 0 aromatic heterocycles. The molecule has 0 aliphatic heterocycles. The highest BCUT2D eigenvalue weighted by atomic mass is 16.3. The summed E-state index contributed by atoms with van der Waals surface area (Å²) in [6, 6.07) is 3.99. The number of rotatable bonds is 3. The van der Waals surface area contributed by atoms with Crippen molar-refractivity contribution in [3.05, 3.63) is 34.4 Å². The molecular formula is C12H17NO2. The van der Waals surface area contributed by atoms with Crippen LogP contribution in [0.2, 0.25) is 0 Å². The number of carbonyl (C=O) groups excluding carboxylic acids is 1. The highest BCUT2D eigenvalue weighted by Gasteiger charge is 2.04. The third-order valence-electron chi connectivity index (χ3n) is 2.46. The molecule has 0 atom stereocenters. The lowest BCUT2D eigenvalue weighted by molar-refractivity contribution is -0.119. The molecule has 15 heavy (non-hydrogen) atoms. The molecule has 1 amide bonds. The van der Waals surface area contributed by atoms with Gasteiger partial charge in [0.05, 0.1) is 6.61 Å². The van der Waals surface area contributed by atoms with Crippen LogP contribution in [-0.2, 0) is 17.9 Å². The predicted molar refractivity (Wildman–Crippen MR) is 59.4 cm³/mol. The van der Waals surface area contributed by atoms with Gasteiger partial charge in [0.2, 0.25) is 5.91 Å². The predicted octanol–water partition coefficient (Wildman–Crippen LogP) is 1.43. The zero-order valence-electron chi connectivity index (χ0n) is 9.42. The first-order chi connectivity index (χ1) is 7.04. The summed E-state index contributed by atoms with van der Waals surface area (Å²) in [6.45, 7) is 6.05. The smallest absolute Gasteiger partial charge is 0.217 e. The van der Waals surface area contributed by atoms with Crippen LogP contribution in [-0.4, -0.2) is 11.0 Å². The first-order valence-electron chi connectivity index (χ1n) is 4.99. The minimum absolute atomic E-state index is 0.0310.